The summed E-state index contributed by atoms with van der Waals surface area (Å²) in [6.07, 6.45) is 4.07. The van der Waals surface area contributed by atoms with E-state index in [1.54, 1.807) is 29.2 Å². The molecule has 1 aromatic heterocycles. The molecular formula is C23H29ClN4O2S. The average Bonchev–Trinajstić information content (AvgIpc) is 3.22. The molecule has 3 heterocycles. The van der Waals surface area contributed by atoms with E-state index in [-0.39, 0.29) is 17.7 Å². The summed E-state index contributed by atoms with van der Waals surface area (Å²) in [5.41, 5.74) is 1.61. The van der Waals surface area contributed by atoms with Gasteiger partial charge in [0.05, 0.1) is 11.6 Å². The maximum Gasteiger partial charge on any atom is 0.253 e. The van der Waals surface area contributed by atoms with Crippen molar-refractivity contribution in [3.8, 4) is 0 Å². The van der Waals surface area contributed by atoms with E-state index < -0.39 is 0 Å². The van der Waals surface area contributed by atoms with Crippen molar-refractivity contribution in [3.05, 3.63) is 45.9 Å². The lowest BCUT2D eigenvalue weighted by Gasteiger charge is -2.32. The highest BCUT2D eigenvalue weighted by Crippen LogP contribution is 2.24. The zero-order valence-electron chi connectivity index (χ0n) is 17.8. The molecule has 0 radical (unpaired) electrons. The molecule has 2 aromatic rings. The number of likely N-dealkylation sites (tertiary alicyclic amines) is 2. The van der Waals surface area contributed by atoms with Gasteiger partial charge in [-0.15, -0.1) is 11.3 Å². The number of rotatable bonds is 5. The summed E-state index contributed by atoms with van der Waals surface area (Å²) < 4.78 is 0. The van der Waals surface area contributed by atoms with Gasteiger partial charge in [0.15, 0.2) is 5.13 Å². The van der Waals surface area contributed by atoms with Crippen molar-refractivity contribution in [2.75, 3.05) is 31.5 Å². The van der Waals surface area contributed by atoms with Crippen molar-refractivity contribution in [2.45, 2.75) is 39.2 Å². The number of hydrogen-bond acceptors (Lipinski definition) is 5. The van der Waals surface area contributed by atoms with Crippen molar-refractivity contribution in [2.24, 2.45) is 11.8 Å². The van der Waals surface area contributed by atoms with Gasteiger partial charge < -0.3 is 10.2 Å². The zero-order valence-corrected chi connectivity index (χ0v) is 19.4. The van der Waals surface area contributed by atoms with Crippen LogP contribution in [0.2, 0.25) is 5.02 Å². The second kappa shape index (κ2) is 10.1. The number of benzene rings is 1. The van der Waals surface area contributed by atoms with Crippen LogP contribution in [-0.4, -0.2) is 52.8 Å². The molecule has 2 aliphatic rings. The Morgan fingerprint density at radius 2 is 1.90 bits per heavy atom. The van der Waals surface area contributed by atoms with Gasteiger partial charge in [0.25, 0.3) is 5.91 Å². The van der Waals surface area contributed by atoms with Crippen LogP contribution in [0.4, 0.5) is 5.13 Å². The summed E-state index contributed by atoms with van der Waals surface area (Å²) in [4.78, 5) is 34.4. The minimum atomic E-state index is -0.221. The summed E-state index contributed by atoms with van der Waals surface area (Å²) in [5, 5.41) is 6.26. The highest BCUT2D eigenvalue weighted by Gasteiger charge is 2.29. The first kappa shape index (κ1) is 22.2. The Morgan fingerprint density at radius 1 is 1.16 bits per heavy atom. The number of nitrogens with one attached hydrogen (secondary N) is 1. The minimum Gasteiger partial charge on any atom is -0.338 e. The van der Waals surface area contributed by atoms with Gasteiger partial charge in [-0.05, 0) is 69.0 Å². The summed E-state index contributed by atoms with van der Waals surface area (Å²) in [5.74, 6) is 0.479. The first-order chi connectivity index (χ1) is 15.0. The molecule has 0 saturated carbocycles. The molecule has 1 atom stereocenters. The third-order valence-corrected chi connectivity index (χ3v) is 7.27. The van der Waals surface area contributed by atoms with Gasteiger partial charge in [0.1, 0.15) is 0 Å². The van der Waals surface area contributed by atoms with Gasteiger partial charge >= 0.3 is 0 Å². The van der Waals surface area contributed by atoms with Gasteiger partial charge in [-0.2, -0.15) is 0 Å². The van der Waals surface area contributed by atoms with Crippen LogP contribution < -0.4 is 5.32 Å². The molecule has 6 nitrogen and oxygen atoms in total. The van der Waals surface area contributed by atoms with E-state index in [4.69, 9.17) is 11.6 Å². The molecule has 0 spiro atoms. The third kappa shape index (κ3) is 5.84. The van der Waals surface area contributed by atoms with Crippen LogP contribution in [0.3, 0.4) is 0 Å². The summed E-state index contributed by atoms with van der Waals surface area (Å²) in [6.45, 7) is 6.47. The van der Waals surface area contributed by atoms with Crippen LogP contribution in [0, 0.1) is 11.8 Å². The number of amides is 2. The lowest BCUT2D eigenvalue weighted by atomic mass is 9.96. The Balaban J connectivity index is 1.30. The fourth-order valence-corrected chi connectivity index (χ4v) is 5.07. The van der Waals surface area contributed by atoms with Gasteiger partial charge in [-0.25, -0.2) is 4.98 Å². The van der Waals surface area contributed by atoms with Crippen molar-refractivity contribution < 1.29 is 9.59 Å². The summed E-state index contributed by atoms with van der Waals surface area (Å²) >= 11 is 7.39. The highest BCUT2D eigenvalue weighted by molar-refractivity contribution is 7.13. The van der Waals surface area contributed by atoms with Crippen LogP contribution in [0.15, 0.2) is 29.6 Å². The van der Waals surface area contributed by atoms with Gasteiger partial charge in [-0.1, -0.05) is 18.5 Å². The molecular weight excluding hydrogens is 432 g/mol. The van der Waals surface area contributed by atoms with Crippen molar-refractivity contribution in [1.82, 2.24) is 14.8 Å². The molecule has 1 N–H and O–H groups in total. The predicted molar refractivity (Wildman–Crippen MR) is 124 cm³/mol. The van der Waals surface area contributed by atoms with E-state index in [0.29, 0.717) is 28.8 Å². The monoisotopic (exact) mass is 460 g/mol. The Morgan fingerprint density at radius 3 is 2.65 bits per heavy atom. The first-order valence-electron chi connectivity index (χ1n) is 11.0. The number of aromatic nitrogens is 1. The quantitative estimate of drug-likeness (QED) is 0.712. The van der Waals surface area contributed by atoms with Crippen LogP contribution in [0.25, 0.3) is 0 Å². The Hall–Kier alpha value is -1.96. The number of hydrogen-bond donors (Lipinski definition) is 1. The lowest BCUT2D eigenvalue weighted by Crippen LogP contribution is -2.43. The van der Waals surface area contributed by atoms with E-state index >= 15 is 0 Å². The highest BCUT2D eigenvalue weighted by atomic mass is 35.5. The predicted octanol–water partition coefficient (Wildman–Crippen LogP) is 4.52. The van der Waals surface area contributed by atoms with Crippen molar-refractivity contribution >= 4 is 39.9 Å². The number of nitrogens with zero attached hydrogens (tertiary/aromatic N) is 3. The van der Waals surface area contributed by atoms with E-state index in [0.717, 1.165) is 44.1 Å². The molecule has 2 aliphatic heterocycles. The zero-order chi connectivity index (χ0) is 21.8. The third-order valence-electron chi connectivity index (χ3n) is 6.21. The lowest BCUT2D eigenvalue weighted by molar-refractivity contribution is -0.121. The van der Waals surface area contributed by atoms with Gasteiger partial charge in [0, 0.05) is 35.6 Å². The molecule has 0 bridgehead atoms. The summed E-state index contributed by atoms with van der Waals surface area (Å²) in [6, 6.07) is 6.89. The van der Waals surface area contributed by atoms with E-state index in [9.17, 15) is 9.59 Å². The molecule has 2 amide bonds. The van der Waals surface area contributed by atoms with E-state index in [1.807, 2.05) is 5.38 Å². The van der Waals surface area contributed by atoms with Crippen LogP contribution in [0.1, 0.15) is 48.7 Å². The number of carbonyl (C=O) groups is 2. The number of carbonyl (C=O) groups excluding carboxylic acids is 2. The molecule has 0 aliphatic carbocycles. The Bertz CT molecular complexity index is 909. The van der Waals surface area contributed by atoms with Crippen LogP contribution in [-0.2, 0) is 11.3 Å². The molecule has 166 valence electrons. The maximum atomic E-state index is 12.8. The summed E-state index contributed by atoms with van der Waals surface area (Å²) in [7, 11) is 0. The molecule has 1 aromatic carbocycles. The van der Waals surface area contributed by atoms with Gasteiger partial charge in [0.2, 0.25) is 5.91 Å². The molecule has 4 rings (SSSR count). The Labute approximate surface area is 192 Å². The smallest absolute Gasteiger partial charge is 0.253 e. The van der Waals surface area contributed by atoms with Crippen LogP contribution >= 0.6 is 22.9 Å². The number of piperidine rings is 2. The topological polar surface area (TPSA) is 65.5 Å². The average molecular weight is 461 g/mol. The number of halogens is 1. The van der Waals surface area contributed by atoms with Gasteiger partial charge in [-0.3, -0.25) is 14.5 Å². The largest absolute Gasteiger partial charge is 0.338 e. The van der Waals surface area contributed by atoms with Crippen molar-refractivity contribution in [1.29, 1.82) is 0 Å². The molecule has 0 unspecified atom stereocenters. The van der Waals surface area contributed by atoms with E-state index in [2.05, 4.69) is 22.1 Å². The van der Waals surface area contributed by atoms with E-state index in [1.165, 1.54) is 24.2 Å². The standard InChI is InChI=1S/C23H29ClN4O2S/c1-16-8-11-27(12-9-16)14-20-15-31-23(25-20)26-21(29)18-3-2-10-28(13-18)22(30)17-4-6-19(24)7-5-17/h4-7,15-16,18H,2-3,8-14H2,1H3,(H,25,26,29)/t18-/m1/s1. The normalized spacial score (nSPS) is 20.6. The molecule has 2 saturated heterocycles. The second-order valence-electron chi connectivity index (χ2n) is 8.69. The Kier molecular flexibility index (Phi) is 7.25. The van der Waals surface area contributed by atoms with Crippen LogP contribution in [0.5, 0.6) is 0 Å². The number of anilines is 1. The fraction of sp³-hybridized carbons (Fsp3) is 0.522. The minimum absolute atomic E-state index is 0.0541. The SMILES string of the molecule is CC1CCN(Cc2csc(NC(=O)[C@@H]3CCCN(C(=O)c4ccc(Cl)cc4)C3)n2)CC1. The van der Waals surface area contributed by atoms with Crippen molar-refractivity contribution in [3.63, 3.8) is 0 Å². The molecule has 2 fully saturated rings. The molecule has 31 heavy (non-hydrogen) atoms. The first-order valence-corrected chi connectivity index (χ1v) is 12.3. The fourth-order valence-electron chi connectivity index (χ4n) is 4.24. The molecule has 8 heteroatoms. The number of thiazole rings is 1. The second-order valence-corrected chi connectivity index (χ2v) is 9.98. The maximum absolute atomic E-state index is 12.8.